The van der Waals surface area contributed by atoms with Crippen LogP contribution in [0.2, 0.25) is 5.02 Å². The number of aryl methyl sites for hydroxylation is 1. The number of alkyl halides is 1. The van der Waals surface area contributed by atoms with Crippen LogP contribution in [-0.4, -0.2) is 4.32 Å². The smallest absolute Gasteiger partial charge is 0.0437 e. The zero-order valence-electron chi connectivity index (χ0n) is 8.69. The van der Waals surface area contributed by atoms with Gasteiger partial charge in [-0.2, -0.15) is 0 Å². The van der Waals surface area contributed by atoms with Crippen LogP contribution in [-0.2, 0) is 6.42 Å². The van der Waals surface area contributed by atoms with E-state index in [2.05, 4.69) is 35.8 Å². The van der Waals surface area contributed by atoms with Crippen molar-refractivity contribution in [3.8, 4) is 0 Å². The van der Waals surface area contributed by atoms with Crippen molar-refractivity contribution in [1.82, 2.24) is 0 Å². The van der Waals surface area contributed by atoms with E-state index < -0.39 is 0 Å². The largest absolute Gasteiger partial charge is 0.0859 e. The van der Waals surface area contributed by atoms with Crippen LogP contribution in [0.3, 0.4) is 0 Å². The van der Waals surface area contributed by atoms with E-state index in [1.165, 1.54) is 12.0 Å². The van der Waals surface area contributed by atoms with Crippen molar-refractivity contribution >= 4 is 27.5 Å². The molecule has 0 saturated carbocycles. The van der Waals surface area contributed by atoms with E-state index in [0.29, 0.717) is 0 Å². The number of benzene rings is 1. The molecular weight excluding hydrogens is 259 g/mol. The fraction of sp³-hybridized carbons (Fsp3) is 0.500. The normalized spacial score (nSPS) is 11.7. The summed E-state index contributed by atoms with van der Waals surface area (Å²) in [6.07, 6.45) is 3.40. The Kier molecular flexibility index (Phi) is 4.46. The second kappa shape index (κ2) is 5.18. The summed E-state index contributed by atoms with van der Waals surface area (Å²) in [6.45, 7) is 4.39. The second-order valence-corrected chi connectivity index (χ2v) is 6.72. The predicted octanol–water partition coefficient (Wildman–Crippen LogP) is 4.84. The van der Waals surface area contributed by atoms with Crippen molar-refractivity contribution in [3.63, 3.8) is 0 Å². The summed E-state index contributed by atoms with van der Waals surface area (Å²) < 4.78 is 0.244. The molecule has 0 aromatic heterocycles. The van der Waals surface area contributed by atoms with Crippen LogP contribution in [0.5, 0.6) is 0 Å². The molecule has 2 heteroatoms. The van der Waals surface area contributed by atoms with Gasteiger partial charge < -0.3 is 0 Å². The maximum Gasteiger partial charge on any atom is 0.0437 e. The highest BCUT2D eigenvalue weighted by molar-refractivity contribution is 9.10. The molecule has 0 fully saturated rings. The highest BCUT2D eigenvalue weighted by Gasteiger charge is 2.11. The minimum atomic E-state index is 0.244. The average molecular weight is 276 g/mol. The Morgan fingerprint density at radius 1 is 1.29 bits per heavy atom. The molecule has 0 spiro atoms. The molecule has 0 saturated heterocycles. The van der Waals surface area contributed by atoms with Gasteiger partial charge in [0.25, 0.3) is 0 Å². The lowest BCUT2D eigenvalue weighted by atomic mass is 10.0. The lowest BCUT2D eigenvalue weighted by Gasteiger charge is -2.15. The highest BCUT2D eigenvalue weighted by Crippen LogP contribution is 2.24. The lowest BCUT2D eigenvalue weighted by Crippen LogP contribution is -2.08. The van der Waals surface area contributed by atoms with Crippen molar-refractivity contribution in [3.05, 3.63) is 34.9 Å². The third-order valence-corrected chi connectivity index (χ3v) is 2.94. The van der Waals surface area contributed by atoms with Crippen molar-refractivity contribution in [2.75, 3.05) is 0 Å². The number of hydrogen-bond acceptors (Lipinski definition) is 0. The quantitative estimate of drug-likeness (QED) is 0.690. The van der Waals surface area contributed by atoms with E-state index in [1.54, 1.807) is 0 Å². The van der Waals surface area contributed by atoms with Crippen LogP contribution in [0.15, 0.2) is 24.3 Å². The summed E-state index contributed by atoms with van der Waals surface area (Å²) >= 11 is 9.70. The summed E-state index contributed by atoms with van der Waals surface area (Å²) in [6, 6.07) is 8.07. The minimum absolute atomic E-state index is 0.244. The van der Waals surface area contributed by atoms with Gasteiger partial charge in [-0.3, -0.25) is 0 Å². The van der Waals surface area contributed by atoms with Gasteiger partial charge >= 0.3 is 0 Å². The average Bonchev–Trinajstić information content (AvgIpc) is 2.06. The van der Waals surface area contributed by atoms with Gasteiger partial charge in [-0.25, -0.2) is 0 Å². The van der Waals surface area contributed by atoms with Crippen LogP contribution in [0.25, 0.3) is 0 Å². The first-order valence-electron chi connectivity index (χ1n) is 4.91. The van der Waals surface area contributed by atoms with E-state index in [-0.39, 0.29) is 4.32 Å². The van der Waals surface area contributed by atoms with Gasteiger partial charge in [0.05, 0.1) is 0 Å². The van der Waals surface area contributed by atoms with E-state index in [1.807, 2.05) is 18.2 Å². The predicted molar refractivity (Wildman–Crippen MR) is 67.4 cm³/mol. The van der Waals surface area contributed by atoms with E-state index in [0.717, 1.165) is 17.9 Å². The summed E-state index contributed by atoms with van der Waals surface area (Å²) in [4.78, 5) is 0. The monoisotopic (exact) mass is 274 g/mol. The molecule has 0 N–H and O–H groups in total. The Bertz CT molecular complexity index is 289. The topological polar surface area (TPSA) is 0 Å². The van der Waals surface area contributed by atoms with Gasteiger partial charge in [-0.05, 0) is 30.9 Å². The molecule has 78 valence electrons. The molecule has 0 amide bonds. The van der Waals surface area contributed by atoms with E-state index >= 15 is 0 Å². The maximum atomic E-state index is 6.06. The Labute approximate surface area is 99.8 Å². The van der Waals surface area contributed by atoms with Crippen molar-refractivity contribution in [2.45, 2.75) is 37.4 Å². The SMILES string of the molecule is CC(C)(Br)CCCc1ccccc1Cl. The van der Waals surface area contributed by atoms with Gasteiger partial charge in [0.2, 0.25) is 0 Å². The fourth-order valence-electron chi connectivity index (χ4n) is 1.40. The standard InChI is InChI=1S/C12H16BrCl/c1-12(2,13)9-5-7-10-6-3-4-8-11(10)14/h3-4,6,8H,5,7,9H2,1-2H3. The Morgan fingerprint density at radius 2 is 1.93 bits per heavy atom. The minimum Gasteiger partial charge on any atom is -0.0859 e. The molecule has 0 nitrogen and oxygen atoms in total. The summed E-state index contributed by atoms with van der Waals surface area (Å²) in [5.74, 6) is 0. The van der Waals surface area contributed by atoms with Crippen LogP contribution in [0, 0.1) is 0 Å². The molecule has 0 atom stereocenters. The van der Waals surface area contributed by atoms with Crippen molar-refractivity contribution < 1.29 is 0 Å². The molecule has 1 rings (SSSR count). The molecular formula is C12H16BrCl. The van der Waals surface area contributed by atoms with Crippen LogP contribution in [0.4, 0.5) is 0 Å². The van der Waals surface area contributed by atoms with Gasteiger partial charge in [0.15, 0.2) is 0 Å². The second-order valence-electron chi connectivity index (χ2n) is 4.16. The number of rotatable bonds is 4. The zero-order valence-corrected chi connectivity index (χ0v) is 11.0. The van der Waals surface area contributed by atoms with Gasteiger partial charge in [0.1, 0.15) is 0 Å². The molecule has 1 aromatic rings. The molecule has 0 aliphatic rings. The first-order chi connectivity index (χ1) is 6.49. The van der Waals surface area contributed by atoms with E-state index in [4.69, 9.17) is 11.6 Å². The van der Waals surface area contributed by atoms with Crippen LogP contribution < -0.4 is 0 Å². The number of halogens is 2. The fourth-order valence-corrected chi connectivity index (χ4v) is 1.91. The van der Waals surface area contributed by atoms with Gasteiger partial charge in [-0.15, -0.1) is 0 Å². The Morgan fingerprint density at radius 3 is 2.50 bits per heavy atom. The first kappa shape index (κ1) is 12.1. The number of hydrogen-bond donors (Lipinski definition) is 0. The Balaban J connectivity index is 2.43. The van der Waals surface area contributed by atoms with Crippen molar-refractivity contribution in [2.24, 2.45) is 0 Å². The zero-order chi connectivity index (χ0) is 10.6. The molecule has 1 aromatic carbocycles. The summed E-state index contributed by atoms with van der Waals surface area (Å²) in [5, 5.41) is 0.889. The molecule has 0 aliphatic carbocycles. The molecule has 0 radical (unpaired) electrons. The molecule has 0 unspecified atom stereocenters. The van der Waals surface area contributed by atoms with E-state index in [9.17, 15) is 0 Å². The first-order valence-corrected chi connectivity index (χ1v) is 6.08. The van der Waals surface area contributed by atoms with Gasteiger partial charge in [0, 0.05) is 9.35 Å². The Hall–Kier alpha value is -0.0100. The maximum absolute atomic E-state index is 6.06. The summed E-state index contributed by atoms with van der Waals surface area (Å²) in [5.41, 5.74) is 1.26. The van der Waals surface area contributed by atoms with Crippen molar-refractivity contribution in [1.29, 1.82) is 0 Å². The third kappa shape index (κ3) is 4.47. The molecule has 0 heterocycles. The molecule has 0 aliphatic heterocycles. The molecule has 14 heavy (non-hydrogen) atoms. The van der Waals surface area contributed by atoms with Crippen LogP contribution >= 0.6 is 27.5 Å². The third-order valence-electron chi connectivity index (χ3n) is 2.18. The lowest BCUT2D eigenvalue weighted by molar-refractivity contribution is 0.612. The van der Waals surface area contributed by atoms with Crippen LogP contribution in [0.1, 0.15) is 32.3 Å². The van der Waals surface area contributed by atoms with Gasteiger partial charge in [-0.1, -0.05) is 59.6 Å². The highest BCUT2D eigenvalue weighted by atomic mass is 79.9. The summed E-state index contributed by atoms with van der Waals surface area (Å²) in [7, 11) is 0. The molecule has 0 bridgehead atoms.